The van der Waals surface area contributed by atoms with Gasteiger partial charge in [-0.15, -0.1) is 0 Å². The molecule has 0 saturated carbocycles. The van der Waals surface area contributed by atoms with E-state index in [2.05, 4.69) is 27.6 Å². The Kier molecular flexibility index (Phi) is 6.45. The van der Waals surface area contributed by atoms with Gasteiger partial charge in [0.25, 0.3) is 0 Å². The lowest BCUT2D eigenvalue weighted by Crippen LogP contribution is -2.40. The van der Waals surface area contributed by atoms with Crippen LogP contribution in [0.3, 0.4) is 0 Å². The molecule has 2 rings (SSSR count). The molecule has 1 saturated heterocycles. The quantitative estimate of drug-likeness (QED) is 0.847. The molecule has 0 aliphatic carbocycles. The van der Waals surface area contributed by atoms with Gasteiger partial charge in [-0.1, -0.05) is 6.42 Å². The molecule has 130 valence electrons. The van der Waals surface area contributed by atoms with Gasteiger partial charge in [-0.05, 0) is 60.0 Å². The van der Waals surface area contributed by atoms with Crippen LogP contribution in [0.15, 0.2) is 0 Å². The molecule has 0 aromatic carbocycles. The average molecular weight is 321 g/mol. The minimum Gasteiger partial charge on any atom is -0.338 e. The molecule has 0 spiro atoms. The molecule has 1 aromatic rings. The standard InChI is InChI=1S/C17H31N5O/c1-5-22-15(4)16(14(3)20-22)19-17(23)18-10-9-13(2)21-11-7-6-8-12-21/h13H,5-12H2,1-4H3,(H2,18,19,23)/t13-/m0/s1. The zero-order chi connectivity index (χ0) is 16.8. The van der Waals surface area contributed by atoms with E-state index < -0.39 is 0 Å². The van der Waals surface area contributed by atoms with Crippen molar-refractivity contribution in [3.05, 3.63) is 11.4 Å². The Hall–Kier alpha value is -1.56. The molecule has 1 aliphatic rings. The van der Waals surface area contributed by atoms with Crippen molar-refractivity contribution in [1.82, 2.24) is 20.0 Å². The van der Waals surface area contributed by atoms with E-state index in [4.69, 9.17) is 0 Å². The Balaban J connectivity index is 1.76. The van der Waals surface area contributed by atoms with Crippen LogP contribution in [0.5, 0.6) is 0 Å². The van der Waals surface area contributed by atoms with Gasteiger partial charge in [0.05, 0.1) is 17.1 Å². The fraction of sp³-hybridized carbons (Fsp3) is 0.765. The fourth-order valence-electron chi connectivity index (χ4n) is 3.28. The maximum Gasteiger partial charge on any atom is 0.319 e. The number of hydrogen-bond donors (Lipinski definition) is 2. The molecule has 23 heavy (non-hydrogen) atoms. The Bertz CT molecular complexity index is 519. The monoisotopic (exact) mass is 321 g/mol. The van der Waals surface area contributed by atoms with Crippen molar-refractivity contribution >= 4 is 11.7 Å². The number of anilines is 1. The molecule has 1 fully saturated rings. The Morgan fingerprint density at radius 3 is 2.57 bits per heavy atom. The summed E-state index contributed by atoms with van der Waals surface area (Å²) in [5.74, 6) is 0. The second-order valence-corrected chi connectivity index (χ2v) is 6.48. The van der Waals surface area contributed by atoms with Gasteiger partial charge in [-0.3, -0.25) is 4.68 Å². The van der Waals surface area contributed by atoms with Gasteiger partial charge in [0.15, 0.2) is 0 Å². The summed E-state index contributed by atoms with van der Waals surface area (Å²) in [6, 6.07) is 0.389. The summed E-state index contributed by atoms with van der Waals surface area (Å²) in [7, 11) is 0. The average Bonchev–Trinajstić information content (AvgIpc) is 2.83. The third-order valence-electron chi connectivity index (χ3n) is 4.78. The number of aryl methyl sites for hydroxylation is 2. The van der Waals surface area contributed by atoms with E-state index in [9.17, 15) is 4.79 Å². The number of carbonyl (C=O) groups is 1. The first-order valence-corrected chi connectivity index (χ1v) is 8.85. The van der Waals surface area contributed by atoms with Crippen molar-refractivity contribution in [3.63, 3.8) is 0 Å². The lowest BCUT2D eigenvalue weighted by molar-refractivity contribution is 0.166. The Labute approximate surface area is 139 Å². The van der Waals surface area contributed by atoms with Crippen LogP contribution in [0.25, 0.3) is 0 Å². The number of carbonyl (C=O) groups excluding carboxylic acids is 1. The SMILES string of the molecule is CCn1nc(C)c(NC(=O)NCC[C@H](C)N2CCCCC2)c1C. The van der Waals surface area contributed by atoms with Crippen LogP contribution in [0.4, 0.5) is 10.5 Å². The van der Waals surface area contributed by atoms with E-state index in [0.29, 0.717) is 12.6 Å². The molecule has 1 atom stereocenters. The highest BCUT2D eigenvalue weighted by Crippen LogP contribution is 2.19. The van der Waals surface area contributed by atoms with Crippen LogP contribution in [0, 0.1) is 13.8 Å². The molecule has 2 amide bonds. The predicted octanol–water partition coefficient (Wildman–Crippen LogP) is 2.91. The van der Waals surface area contributed by atoms with Gasteiger partial charge in [0, 0.05) is 19.1 Å². The molecular weight excluding hydrogens is 290 g/mol. The first kappa shape index (κ1) is 17.8. The van der Waals surface area contributed by atoms with Crippen molar-refractivity contribution in [2.24, 2.45) is 0 Å². The van der Waals surface area contributed by atoms with Crippen LogP contribution in [0.2, 0.25) is 0 Å². The van der Waals surface area contributed by atoms with E-state index in [1.807, 2.05) is 25.5 Å². The molecule has 1 aliphatic heterocycles. The maximum absolute atomic E-state index is 12.1. The van der Waals surface area contributed by atoms with Crippen LogP contribution < -0.4 is 10.6 Å². The highest BCUT2D eigenvalue weighted by molar-refractivity contribution is 5.90. The Morgan fingerprint density at radius 1 is 1.26 bits per heavy atom. The molecule has 2 N–H and O–H groups in total. The summed E-state index contributed by atoms with van der Waals surface area (Å²) in [5, 5.41) is 10.3. The Morgan fingerprint density at radius 2 is 1.96 bits per heavy atom. The van der Waals surface area contributed by atoms with Crippen molar-refractivity contribution < 1.29 is 4.79 Å². The zero-order valence-electron chi connectivity index (χ0n) is 15.0. The third-order valence-corrected chi connectivity index (χ3v) is 4.78. The summed E-state index contributed by atoms with van der Waals surface area (Å²) < 4.78 is 1.91. The van der Waals surface area contributed by atoms with Crippen molar-refractivity contribution in [2.75, 3.05) is 25.0 Å². The fourth-order valence-corrected chi connectivity index (χ4v) is 3.28. The van der Waals surface area contributed by atoms with E-state index >= 15 is 0 Å². The third kappa shape index (κ3) is 4.70. The molecule has 6 heteroatoms. The highest BCUT2D eigenvalue weighted by Gasteiger charge is 2.17. The van der Waals surface area contributed by atoms with Crippen LogP contribution in [-0.4, -0.2) is 46.4 Å². The van der Waals surface area contributed by atoms with Crippen LogP contribution in [0.1, 0.15) is 50.9 Å². The summed E-state index contributed by atoms with van der Waals surface area (Å²) in [4.78, 5) is 14.6. The number of nitrogens with zero attached hydrogens (tertiary/aromatic N) is 3. The topological polar surface area (TPSA) is 62.2 Å². The number of amides is 2. The molecule has 0 radical (unpaired) electrons. The number of hydrogen-bond acceptors (Lipinski definition) is 3. The number of urea groups is 1. The lowest BCUT2D eigenvalue weighted by Gasteiger charge is -2.32. The minimum atomic E-state index is -0.141. The van der Waals surface area contributed by atoms with Gasteiger partial charge in [0.2, 0.25) is 0 Å². The molecular formula is C17H31N5O. The summed E-state index contributed by atoms with van der Waals surface area (Å²) in [5.41, 5.74) is 2.69. The summed E-state index contributed by atoms with van der Waals surface area (Å²) in [6.07, 6.45) is 4.95. The summed E-state index contributed by atoms with van der Waals surface area (Å²) >= 11 is 0. The predicted molar refractivity (Wildman–Crippen MR) is 93.9 cm³/mol. The van der Waals surface area contributed by atoms with E-state index in [1.165, 1.54) is 32.4 Å². The van der Waals surface area contributed by atoms with Crippen molar-refractivity contribution in [2.45, 2.75) is 66.0 Å². The molecule has 0 bridgehead atoms. The van der Waals surface area contributed by atoms with Gasteiger partial charge < -0.3 is 15.5 Å². The second-order valence-electron chi connectivity index (χ2n) is 6.48. The van der Waals surface area contributed by atoms with Crippen LogP contribution >= 0.6 is 0 Å². The van der Waals surface area contributed by atoms with Gasteiger partial charge >= 0.3 is 6.03 Å². The van der Waals surface area contributed by atoms with Crippen molar-refractivity contribution in [1.29, 1.82) is 0 Å². The number of nitrogens with one attached hydrogen (secondary N) is 2. The van der Waals surface area contributed by atoms with E-state index in [1.54, 1.807) is 0 Å². The largest absolute Gasteiger partial charge is 0.338 e. The first-order valence-electron chi connectivity index (χ1n) is 8.85. The van der Waals surface area contributed by atoms with Gasteiger partial charge in [0.1, 0.15) is 0 Å². The summed E-state index contributed by atoms with van der Waals surface area (Å²) in [6.45, 7) is 12.1. The maximum atomic E-state index is 12.1. The number of piperidine rings is 1. The van der Waals surface area contributed by atoms with Gasteiger partial charge in [-0.2, -0.15) is 5.10 Å². The normalized spacial score (nSPS) is 17.0. The first-order chi connectivity index (χ1) is 11.0. The van der Waals surface area contributed by atoms with E-state index in [-0.39, 0.29) is 6.03 Å². The molecule has 2 heterocycles. The number of aromatic nitrogens is 2. The zero-order valence-corrected chi connectivity index (χ0v) is 15.0. The highest BCUT2D eigenvalue weighted by atomic mass is 16.2. The minimum absolute atomic E-state index is 0.141. The number of likely N-dealkylation sites (tertiary alicyclic amines) is 1. The van der Waals surface area contributed by atoms with Crippen molar-refractivity contribution in [3.8, 4) is 0 Å². The lowest BCUT2D eigenvalue weighted by atomic mass is 10.1. The second kappa shape index (κ2) is 8.34. The molecule has 1 aromatic heterocycles. The smallest absolute Gasteiger partial charge is 0.319 e. The number of rotatable bonds is 6. The van der Waals surface area contributed by atoms with Gasteiger partial charge in [-0.25, -0.2) is 4.79 Å². The van der Waals surface area contributed by atoms with E-state index in [0.717, 1.165) is 30.0 Å². The molecule has 6 nitrogen and oxygen atoms in total. The van der Waals surface area contributed by atoms with Crippen LogP contribution in [-0.2, 0) is 6.54 Å². The molecule has 0 unspecified atom stereocenters.